The molecule has 4 heterocycles. The maximum Gasteiger partial charge on any atom is 0.262 e. The van der Waals surface area contributed by atoms with E-state index in [9.17, 15) is 9.59 Å². The van der Waals surface area contributed by atoms with Gasteiger partial charge in [0.25, 0.3) is 5.56 Å². The number of aryl methyl sites for hydroxylation is 2. The Labute approximate surface area is 155 Å². The number of H-pyrrole nitrogens is 1. The molecule has 3 aromatic heterocycles. The molecule has 0 atom stereocenters. The summed E-state index contributed by atoms with van der Waals surface area (Å²) < 4.78 is 1.56. The highest BCUT2D eigenvalue weighted by Gasteiger charge is 2.19. The fraction of sp³-hybridized carbons (Fsp3) is 0.316. The van der Waals surface area contributed by atoms with Gasteiger partial charge in [0.15, 0.2) is 5.65 Å². The van der Waals surface area contributed by atoms with Gasteiger partial charge in [0.05, 0.1) is 6.20 Å². The van der Waals surface area contributed by atoms with Crippen molar-refractivity contribution in [3.63, 3.8) is 0 Å². The largest absolute Gasteiger partial charge is 0.338 e. The van der Waals surface area contributed by atoms with Crippen LogP contribution in [0.2, 0.25) is 0 Å². The van der Waals surface area contributed by atoms with Crippen LogP contribution in [0.1, 0.15) is 24.2 Å². The maximum absolute atomic E-state index is 12.7. The summed E-state index contributed by atoms with van der Waals surface area (Å²) >= 11 is 0. The molecule has 8 nitrogen and oxygen atoms in total. The second-order valence-corrected chi connectivity index (χ2v) is 6.59. The number of nitrogens with zero attached hydrogens (tertiary/aromatic N) is 5. The van der Waals surface area contributed by atoms with Gasteiger partial charge < -0.3 is 9.88 Å². The summed E-state index contributed by atoms with van der Waals surface area (Å²) in [5.74, 6) is 0.564. The van der Waals surface area contributed by atoms with Crippen LogP contribution in [-0.4, -0.2) is 48.6 Å². The van der Waals surface area contributed by atoms with Crippen molar-refractivity contribution in [2.24, 2.45) is 7.05 Å². The monoisotopic (exact) mass is 364 g/mol. The minimum Gasteiger partial charge on any atom is -0.338 e. The molecule has 0 spiro atoms. The van der Waals surface area contributed by atoms with Gasteiger partial charge >= 0.3 is 0 Å². The van der Waals surface area contributed by atoms with Crippen molar-refractivity contribution in [2.75, 3.05) is 13.1 Å². The third-order valence-corrected chi connectivity index (χ3v) is 4.78. The number of aromatic nitrogens is 5. The van der Waals surface area contributed by atoms with Crippen molar-refractivity contribution in [3.05, 3.63) is 58.5 Å². The Morgan fingerprint density at radius 1 is 1.30 bits per heavy atom. The molecule has 0 fully saturated rings. The highest BCUT2D eigenvalue weighted by Crippen LogP contribution is 2.20. The number of carbonyl (C=O) groups excluding carboxylic acids is 1. The molecule has 0 aromatic carbocycles. The van der Waals surface area contributed by atoms with Crippen molar-refractivity contribution >= 4 is 22.5 Å². The summed E-state index contributed by atoms with van der Waals surface area (Å²) in [6.07, 6.45) is 8.71. The molecule has 0 aliphatic carbocycles. The second-order valence-electron chi connectivity index (χ2n) is 6.59. The number of hydrogen-bond donors (Lipinski definition) is 1. The summed E-state index contributed by atoms with van der Waals surface area (Å²) in [5, 5.41) is 4.51. The zero-order valence-corrected chi connectivity index (χ0v) is 15.1. The molecule has 0 bridgehead atoms. The van der Waals surface area contributed by atoms with Crippen LogP contribution in [-0.2, 0) is 18.3 Å². The number of pyridine rings is 1. The average Bonchev–Trinajstić information content (AvgIpc) is 3.08. The van der Waals surface area contributed by atoms with Gasteiger partial charge in [0, 0.05) is 45.4 Å². The molecule has 27 heavy (non-hydrogen) atoms. The van der Waals surface area contributed by atoms with E-state index in [2.05, 4.69) is 26.1 Å². The molecule has 0 radical (unpaired) electrons. The molecular formula is C19H20N6O2. The number of carbonyl (C=O) groups is 1. The van der Waals surface area contributed by atoms with E-state index < -0.39 is 0 Å². The summed E-state index contributed by atoms with van der Waals surface area (Å²) in [6.45, 7) is 1.30. The van der Waals surface area contributed by atoms with Gasteiger partial charge in [-0.15, -0.1) is 0 Å². The van der Waals surface area contributed by atoms with E-state index in [1.807, 2.05) is 17.0 Å². The summed E-state index contributed by atoms with van der Waals surface area (Å²) in [6, 6.07) is 3.91. The van der Waals surface area contributed by atoms with Crippen LogP contribution in [0, 0.1) is 0 Å². The predicted octanol–water partition coefficient (Wildman–Crippen LogP) is 1.30. The quantitative estimate of drug-likeness (QED) is 0.753. The van der Waals surface area contributed by atoms with E-state index in [0.717, 1.165) is 17.6 Å². The first-order valence-electron chi connectivity index (χ1n) is 8.90. The van der Waals surface area contributed by atoms with E-state index in [1.54, 1.807) is 24.1 Å². The van der Waals surface area contributed by atoms with E-state index in [-0.39, 0.29) is 11.5 Å². The second kappa shape index (κ2) is 7.14. The lowest BCUT2D eigenvalue weighted by molar-refractivity contribution is -0.130. The number of hydrogen-bond acceptors (Lipinski definition) is 5. The first-order valence-corrected chi connectivity index (χ1v) is 8.90. The fourth-order valence-electron chi connectivity index (χ4n) is 3.31. The molecule has 1 aliphatic heterocycles. The minimum absolute atomic E-state index is 0.0578. The van der Waals surface area contributed by atoms with E-state index in [1.165, 1.54) is 6.20 Å². The smallest absolute Gasteiger partial charge is 0.262 e. The number of aromatic amines is 1. The Bertz CT molecular complexity index is 1070. The molecular weight excluding hydrogens is 344 g/mol. The predicted molar refractivity (Wildman–Crippen MR) is 101 cm³/mol. The molecule has 0 saturated heterocycles. The Morgan fingerprint density at radius 3 is 2.93 bits per heavy atom. The third-order valence-electron chi connectivity index (χ3n) is 4.78. The van der Waals surface area contributed by atoms with Crippen LogP contribution in [0.4, 0.5) is 0 Å². The number of fused-ring (bicyclic) bond motifs is 1. The summed E-state index contributed by atoms with van der Waals surface area (Å²) in [5.41, 5.74) is 2.54. The van der Waals surface area contributed by atoms with Gasteiger partial charge in [0.2, 0.25) is 5.91 Å². The summed E-state index contributed by atoms with van der Waals surface area (Å²) in [4.78, 5) is 37.8. The van der Waals surface area contributed by atoms with Crippen LogP contribution < -0.4 is 5.56 Å². The first kappa shape index (κ1) is 17.1. The van der Waals surface area contributed by atoms with Crippen molar-refractivity contribution in [1.29, 1.82) is 0 Å². The van der Waals surface area contributed by atoms with Crippen molar-refractivity contribution in [3.8, 4) is 0 Å². The van der Waals surface area contributed by atoms with Gasteiger partial charge in [-0.1, -0.05) is 6.08 Å². The van der Waals surface area contributed by atoms with Crippen LogP contribution >= 0.6 is 0 Å². The molecule has 138 valence electrons. The fourth-order valence-corrected chi connectivity index (χ4v) is 3.31. The molecule has 1 amide bonds. The SMILES string of the molecule is Cn1ncc2c(=O)[nH]c(CCC(=O)N3CCC=C(c4ccncc4)C3)nc21. The lowest BCUT2D eigenvalue weighted by Gasteiger charge is -2.27. The zero-order valence-electron chi connectivity index (χ0n) is 15.1. The van der Waals surface area contributed by atoms with Crippen molar-refractivity contribution in [2.45, 2.75) is 19.3 Å². The Morgan fingerprint density at radius 2 is 2.11 bits per heavy atom. The number of amides is 1. The van der Waals surface area contributed by atoms with Crippen LogP contribution in [0.25, 0.3) is 16.6 Å². The number of nitrogens with one attached hydrogen (secondary N) is 1. The Kier molecular flexibility index (Phi) is 4.53. The van der Waals surface area contributed by atoms with Crippen LogP contribution in [0.15, 0.2) is 41.6 Å². The summed E-state index contributed by atoms with van der Waals surface area (Å²) in [7, 11) is 1.74. The third kappa shape index (κ3) is 3.51. The molecule has 4 rings (SSSR count). The van der Waals surface area contributed by atoms with E-state index in [0.29, 0.717) is 42.8 Å². The molecule has 0 saturated carbocycles. The zero-order chi connectivity index (χ0) is 18.8. The van der Waals surface area contributed by atoms with Gasteiger partial charge in [0.1, 0.15) is 11.2 Å². The van der Waals surface area contributed by atoms with Crippen LogP contribution in [0.3, 0.4) is 0 Å². The Hall–Kier alpha value is -3.29. The molecule has 1 N–H and O–H groups in total. The van der Waals surface area contributed by atoms with Crippen LogP contribution in [0.5, 0.6) is 0 Å². The highest BCUT2D eigenvalue weighted by atomic mass is 16.2. The van der Waals surface area contributed by atoms with Crippen molar-refractivity contribution in [1.82, 2.24) is 29.6 Å². The topological polar surface area (TPSA) is 96.8 Å². The molecule has 3 aromatic rings. The van der Waals surface area contributed by atoms with Crippen molar-refractivity contribution < 1.29 is 4.79 Å². The Balaban J connectivity index is 1.43. The standard InChI is InChI=1S/C19H20N6O2/c1-24-18-15(11-21-24)19(27)23-16(22-18)4-5-17(26)25-10-2-3-14(12-25)13-6-8-20-9-7-13/h3,6-9,11H,2,4-5,10,12H2,1H3,(H,22,23,27). The van der Waals surface area contributed by atoms with Gasteiger partial charge in [-0.25, -0.2) is 4.98 Å². The van der Waals surface area contributed by atoms with Gasteiger partial charge in [-0.05, 0) is 29.7 Å². The molecule has 1 aliphatic rings. The molecule has 0 unspecified atom stereocenters. The maximum atomic E-state index is 12.7. The lowest BCUT2D eigenvalue weighted by atomic mass is 10.0. The van der Waals surface area contributed by atoms with Gasteiger partial charge in [-0.3, -0.25) is 19.3 Å². The normalized spacial score (nSPS) is 14.4. The lowest BCUT2D eigenvalue weighted by Crippen LogP contribution is -2.35. The molecule has 8 heteroatoms. The average molecular weight is 364 g/mol. The van der Waals surface area contributed by atoms with Gasteiger partial charge in [-0.2, -0.15) is 5.10 Å². The minimum atomic E-state index is -0.226. The number of rotatable bonds is 4. The first-order chi connectivity index (χ1) is 13.1. The van der Waals surface area contributed by atoms with E-state index >= 15 is 0 Å². The van der Waals surface area contributed by atoms with E-state index in [4.69, 9.17) is 0 Å². The highest BCUT2D eigenvalue weighted by molar-refractivity contribution is 5.80.